The number of nitrogens with one attached hydrogen (secondary N) is 1. The van der Waals surface area contributed by atoms with Crippen molar-refractivity contribution in [3.63, 3.8) is 0 Å². The molecule has 5 nitrogen and oxygen atoms in total. The van der Waals surface area contributed by atoms with E-state index in [1.54, 1.807) is 12.5 Å². The summed E-state index contributed by atoms with van der Waals surface area (Å²) in [6, 6.07) is 7.84. The number of aromatic nitrogens is 2. The zero-order chi connectivity index (χ0) is 13.7. The fourth-order valence-corrected chi connectivity index (χ4v) is 1.80. The van der Waals surface area contributed by atoms with Gasteiger partial charge in [-0.25, -0.2) is 4.98 Å². The first kappa shape index (κ1) is 19.4. The van der Waals surface area contributed by atoms with Crippen molar-refractivity contribution in [3.05, 3.63) is 48.5 Å². The van der Waals surface area contributed by atoms with E-state index in [1.165, 1.54) is 0 Å². The largest absolute Gasteiger partial charge is 0.352 e. The number of halogens is 2. The van der Waals surface area contributed by atoms with Crippen LogP contribution < -0.4 is 11.1 Å². The molecule has 0 bridgehead atoms. The van der Waals surface area contributed by atoms with Crippen molar-refractivity contribution in [1.29, 1.82) is 0 Å². The van der Waals surface area contributed by atoms with E-state index in [2.05, 4.69) is 10.3 Å². The second-order valence-corrected chi connectivity index (χ2v) is 4.60. The van der Waals surface area contributed by atoms with Crippen molar-refractivity contribution in [3.8, 4) is 5.69 Å². The highest BCUT2D eigenvalue weighted by atomic mass is 35.5. The molecular formula is C14H20Cl2N4O. The van der Waals surface area contributed by atoms with Gasteiger partial charge in [-0.3, -0.25) is 4.79 Å². The highest BCUT2D eigenvalue weighted by Gasteiger charge is 2.05. The molecule has 0 spiro atoms. The van der Waals surface area contributed by atoms with Gasteiger partial charge in [0.2, 0.25) is 5.91 Å². The third-order valence-corrected chi connectivity index (χ3v) is 2.71. The number of carbonyl (C=O) groups is 1. The van der Waals surface area contributed by atoms with E-state index in [0.29, 0.717) is 13.0 Å². The van der Waals surface area contributed by atoms with Gasteiger partial charge in [0.25, 0.3) is 0 Å². The minimum absolute atomic E-state index is 0. The van der Waals surface area contributed by atoms with Gasteiger partial charge in [-0.2, -0.15) is 0 Å². The summed E-state index contributed by atoms with van der Waals surface area (Å²) in [6.45, 7) is 2.33. The molecule has 21 heavy (non-hydrogen) atoms. The Bertz CT molecular complexity index is 544. The molecule has 0 aliphatic rings. The number of nitrogens with two attached hydrogens (primary N) is 1. The summed E-state index contributed by atoms with van der Waals surface area (Å²) < 4.78 is 1.92. The lowest BCUT2D eigenvalue weighted by molar-refractivity contribution is -0.121. The maximum absolute atomic E-state index is 11.5. The smallest absolute Gasteiger partial charge is 0.221 e. The first-order valence-corrected chi connectivity index (χ1v) is 6.24. The second-order valence-electron chi connectivity index (χ2n) is 4.60. The van der Waals surface area contributed by atoms with Crippen LogP contribution in [0.5, 0.6) is 0 Å². The minimum Gasteiger partial charge on any atom is -0.352 e. The molecule has 0 aliphatic carbocycles. The molecule has 2 rings (SSSR count). The molecular weight excluding hydrogens is 311 g/mol. The van der Waals surface area contributed by atoms with E-state index < -0.39 is 0 Å². The molecule has 0 fully saturated rings. The molecule has 0 saturated carbocycles. The van der Waals surface area contributed by atoms with E-state index >= 15 is 0 Å². The Labute approximate surface area is 136 Å². The van der Waals surface area contributed by atoms with Gasteiger partial charge in [0.05, 0.1) is 6.33 Å². The summed E-state index contributed by atoms with van der Waals surface area (Å²) in [7, 11) is 0. The van der Waals surface area contributed by atoms with Gasteiger partial charge in [0.15, 0.2) is 0 Å². The van der Waals surface area contributed by atoms with E-state index in [0.717, 1.165) is 11.3 Å². The van der Waals surface area contributed by atoms with Crippen molar-refractivity contribution in [2.75, 3.05) is 0 Å². The van der Waals surface area contributed by atoms with Crippen LogP contribution in [0, 0.1) is 0 Å². The molecule has 1 atom stereocenters. The van der Waals surface area contributed by atoms with Gasteiger partial charge >= 0.3 is 0 Å². The molecule has 3 N–H and O–H groups in total. The van der Waals surface area contributed by atoms with Gasteiger partial charge < -0.3 is 15.6 Å². The lowest BCUT2D eigenvalue weighted by Crippen LogP contribution is -2.29. The maximum atomic E-state index is 11.5. The third-order valence-electron chi connectivity index (χ3n) is 2.71. The normalized spacial score (nSPS) is 11.0. The molecule has 1 heterocycles. The second kappa shape index (κ2) is 9.39. The molecule has 7 heteroatoms. The monoisotopic (exact) mass is 330 g/mol. The van der Waals surface area contributed by atoms with Crippen LogP contribution in [0.2, 0.25) is 0 Å². The van der Waals surface area contributed by atoms with Crippen molar-refractivity contribution < 1.29 is 4.79 Å². The van der Waals surface area contributed by atoms with E-state index in [-0.39, 0.29) is 36.8 Å². The summed E-state index contributed by atoms with van der Waals surface area (Å²) in [5, 5.41) is 2.86. The SMILES string of the molecule is CC(N)CC(=O)NCc1cccc(-n2ccnc2)c1.Cl.Cl. The number of imidazole rings is 1. The standard InChI is InChI=1S/C14H18N4O.2ClH/c1-11(15)7-14(19)17-9-12-3-2-4-13(8-12)18-6-5-16-10-18;;/h2-6,8,10-11H,7,9,15H2,1H3,(H,17,19);2*1H. The summed E-state index contributed by atoms with van der Waals surface area (Å²) in [5.74, 6) is -0.0250. The van der Waals surface area contributed by atoms with E-state index in [4.69, 9.17) is 5.73 Å². The molecule has 1 amide bonds. The summed E-state index contributed by atoms with van der Waals surface area (Å²) in [6.07, 6.45) is 5.71. The first-order chi connectivity index (χ1) is 9.15. The molecule has 1 unspecified atom stereocenters. The van der Waals surface area contributed by atoms with Crippen LogP contribution >= 0.6 is 24.8 Å². The van der Waals surface area contributed by atoms with Crippen molar-refractivity contribution in [2.45, 2.75) is 25.9 Å². The summed E-state index contributed by atoms with van der Waals surface area (Å²) in [5.41, 5.74) is 7.65. The quantitative estimate of drug-likeness (QED) is 0.881. The van der Waals surface area contributed by atoms with Crippen LogP contribution in [0.1, 0.15) is 18.9 Å². The number of amides is 1. The Hall–Kier alpha value is -1.56. The van der Waals surface area contributed by atoms with Crippen molar-refractivity contribution in [1.82, 2.24) is 14.9 Å². The van der Waals surface area contributed by atoms with Crippen LogP contribution in [0.4, 0.5) is 0 Å². The first-order valence-electron chi connectivity index (χ1n) is 6.24. The predicted molar refractivity (Wildman–Crippen MR) is 88.2 cm³/mol. The van der Waals surface area contributed by atoms with E-state index in [9.17, 15) is 4.79 Å². The molecule has 0 saturated heterocycles. The highest BCUT2D eigenvalue weighted by molar-refractivity contribution is 5.85. The molecule has 116 valence electrons. The Balaban J connectivity index is 0.00000200. The van der Waals surface area contributed by atoms with Crippen molar-refractivity contribution in [2.24, 2.45) is 5.73 Å². The summed E-state index contributed by atoms with van der Waals surface area (Å²) >= 11 is 0. The Morgan fingerprint density at radius 1 is 1.43 bits per heavy atom. The number of hydrogen-bond acceptors (Lipinski definition) is 3. The van der Waals surface area contributed by atoms with Crippen LogP contribution in [0.25, 0.3) is 5.69 Å². The zero-order valence-corrected chi connectivity index (χ0v) is 13.4. The van der Waals surface area contributed by atoms with Gasteiger partial charge in [-0.1, -0.05) is 12.1 Å². The van der Waals surface area contributed by atoms with Crippen LogP contribution in [-0.4, -0.2) is 21.5 Å². The Morgan fingerprint density at radius 3 is 2.81 bits per heavy atom. The molecule has 0 radical (unpaired) electrons. The van der Waals surface area contributed by atoms with Gasteiger partial charge in [-0.05, 0) is 24.6 Å². The molecule has 0 aliphatic heterocycles. The summed E-state index contributed by atoms with van der Waals surface area (Å²) in [4.78, 5) is 15.5. The lowest BCUT2D eigenvalue weighted by atomic mass is 10.2. The predicted octanol–water partition coefficient (Wildman–Crippen LogP) is 2.07. The number of rotatable bonds is 5. The van der Waals surface area contributed by atoms with Gasteiger partial charge in [-0.15, -0.1) is 24.8 Å². The molecule has 1 aromatic carbocycles. The minimum atomic E-state index is -0.114. The van der Waals surface area contributed by atoms with Gasteiger partial charge in [0.1, 0.15) is 0 Å². The topological polar surface area (TPSA) is 72.9 Å². The number of hydrogen-bond donors (Lipinski definition) is 2. The highest BCUT2D eigenvalue weighted by Crippen LogP contribution is 2.10. The average Bonchev–Trinajstić information content (AvgIpc) is 2.90. The maximum Gasteiger partial charge on any atom is 0.221 e. The van der Waals surface area contributed by atoms with Crippen LogP contribution in [0.3, 0.4) is 0 Å². The molecule has 2 aromatic rings. The average molecular weight is 331 g/mol. The number of benzene rings is 1. The number of nitrogens with zero attached hydrogens (tertiary/aromatic N) is 2. The Morgan fingerprint density at radius 2 is 2.19 bits per heavy atom. The molecule has 1 aromatic heterocycles. The lowest BCUT2D eigenvalue weighted by Gasteiger charge is -2.09. The van der Waals surface area contributed by atoms with E-state index in [1.807, 2.05) is 42.0 Å². The third kappa shape index (κ3) is 6.16. The Kier molecular flexibility index (Phi) is 8.69. The van der Waals surface area contributed by atoms with Crippen molar-refractivity contribution >= 4 is 30.7 Å². The fourth-order valence-electron chi connectivity index (χ4n) is 1.80. The zero-order valence-electron chi connectivity index (χ0n) is 11.7. The number of carbonyl (C=O) groups excluding carboxylic acids is 1. The van der Waals surface area contributed by atoms with Crippen LogP contribution in [0.15, 0.2) is 43.0 Å². The fraction of sp³-hybridized carbons (Fsp3) is 0.286. The van der Waals surface area contributed by atoms with Gasteiger partial charge in [0, 0.05) is 37.1 Å². The van der Waals surface area contributed by atoms with Crippen LogP contribution in [-0.2, 0) is 11.3 Å².